The van der Waals surface area contributed by atoms with E-state index in [0.717, 1.165) is 17.8 Å². The third kappa shape index (κ3) is 2.36. The lowest BCUT2D eigenvalue weighted by molar-refractivity contribution is -0.127. The molecule has 3 unspecified atom stereocenters. The van der Waals surface area contributed by atoms with Crippen LogP contribution in [0.5, 0.6) is 0 Å². The van der Waals surface area contributed by atoms with E-state index in [1.807, 2.05) is 0 Å². The molecule has 2 heteroatoms. The summed E-state index contributed by atoms with van der Waals surface area (Å²) >= 11 is 0. The van der Waals surface area contributed by atoms with Gasteiger partial charge in [-0.3, -0.25) is 4.79 Å². The van der Waals surface area contributed by atoms with Crippen molar-refractivity contribution in [2.45, 2.75) is 64.3 Å². The molecule has 0 spiro atoms. The molecule has 96 valence electrons. The Morgan fingerprint density at radius 2 is 1.76 bits per heavy atom. The van der Waals surface area contributed by atoms with Crippen molar-refractivity contribution in [2.24, 2.45) is 23.7 Å². The van der Waals surface area contributed by atoms with Gasteiger partial charge in [0, 0.05) is 12.0 Å². The summed E-state index contributed by atoms with van der Waals surface area (Å²) in [6.45, 7) is 2.33. The first-order valence-electron chi connectivity index (χ1n) is 7.52. The predicted molar refractivity (Wildman–Crippen MR) is 68.5 cm³/mol. The van der Waals surface area contributed by atoms with E-state index in [1.165, 1.54) is 51.4 Å². The van der Waals surface area contributed by atoms with Gasteiger partial charge in [0.25, 0.3) is 0 Å². The molecule has 0 aromatic heterocycles. The van der Waals surface area contributed by atoms with Crippen LogP contribution in [0.1, 0.15) is 58.3 Å². The van der Waals surface area contributed by atoms with Crippen molar-refractivity contribution < 1.29 is 4.79 Å². The van der Waals surface area contributed by atoms with Crippen molar-refractivity contribution in [1.29, 1.82) is 0 Å². The molecule has 1 N–H and O–H groups in total. The van der Waals surface area contributed by atoms with Gasteiger partial charge in [-0.15, -0.1) is 0 Å². The van der Waals surface area contributed by atoms with E-state index in [4.69, 9.17) is 0 Å². The maximum atomic E-state index is 12.3. The first-order chi connectivity index (χ1) is 8.22. The van der Waals surface area contributed by atoms with Crippen LogP contribution in [0.2, 0.25) is 0 Å². The third-order valence-corrected chi connectivity index (χ3v) is 5.44. The Kier molecular flexibility index (Phi) is 3.14. The number of fused-ring (bicyclic) bond motifs is 2. The van der Waals surface area contributed by atoms with Crippen molar-refractivity contribution in [1.82, 2.24) is 5.32 Å². The standard InChI is InChI=1S/C15H25NO/c1-10-2-6-13(7-3-10)16-15(17)14-9-11-4-5-12(14)8-11/h10-14H,2-9H2,1H3,(H,16,17). The summed E-state index contributed by atoms with van der Waals surface area (Å²) in [6, 6.07) is 0.484. The molecule has 0 aromatic carbocycles. The summed E-state index contributed by atoms with van der Waals surface area (Å²) in [4.78, 5) is 12.3. The number of rotatable bonds is 2. The van der Waals surface area contributed by atoms with Crippen LogP contribution in [0.4, 0.5) is 0 Å². The van der Waals surface area contributed by atoms with Gasteiger partial charge in [0.2, 0.25) is 5.91 Å². The lowest BCUT2D eigenvalue weighted by Gasteiger charge is -2.29. The normalized spacial score (nSPS) is 44.9. The van der Waals surface area contributed by atoms with E-state index in [9.17, 15) is 4.79 Å². The monoisotopic (exact) mass is 235 g/mol. The van der Waals surface area contributed by atoms with Crippen LogP contribution < -0.4 is 5.32 Å². The van der Waals surface area contributed by atoms with Gasteiger partial charge < -0.3 is 5.32 Å². The fourth-order valence-corrected chi connectivity index (χ4v) is 4.28. The molecule has 3 rings (SSSR count). The molecular weight excluding hydrogens is 210 g/mol. The topological polar surface area (TPSA) is 29.1 Å². The molecular formula is C15H25NO. The fourth-order valence-electron chi connectivity index (χ4n) is 4.28. The largest absolute Gasteiger partial charge is 0.353 e. The Bertz CT molecular complexity index is 293. The molecule has 3 saturated carbocycles. The third-order valence-electron chi connectivity index (χ3n) is 5.44. The van der Waals surface area contributed by atoms with Crippen molar-refractivity contribution >= 4 is 5.91 Å². The molecule has 0 saturated heterocycles. The van der Waals surface area contributed by atoms with Crippen molar-refractivity contribution in [3.8, 4) is 0 Å². The number of carbonyl (C=O) groups is 1. The zero-order valence-corrected chi connectivity index (χ0v) is 11.0. The van der Waals surface area contributed by atoms with E-state index < -0.39 is 0 Å². The molecule has 3 aliphatic carbocycles. The zero-order chi connectivity index (χ0) is 11.8. The Morgan fingerprint density at radius 3 is 2.35 bits per heavy atom. The summed E-state index contributed by atoms with van der Waals surface area (Å²) < 4.78 is 0. The number of carbonyl (C=O) groups excluding carboxylic acids is 1. The minimum Gasteiger partial charge on any atom is -0.353 e. The Balaban J connectivity index is 1.50. The molecule has 0 radical (unpaired) electrons. The van der Waals surface area contributed by atoms with Gasteiger partial charge in [-0.1, -0.05) is 13.3 Å². The van der Waals surface area contributed by atoms with Crippen LogP contribution in [0, 0.1) is 23.7 Å². The number of hydrogen-bond donors (Lipinski definition) is 1. The summed E-state index contributed by atoms with van der Waals surface area (Å²) in [5, 5.41) is 3.33. The zero-order valence-electron chi connectivity index (χ0n) is 11.0. The molecule has 17 heavy (non-hydrogen) atoms. The van der Waals surface area contributed by atoms with Gasteiger partial charge in [-0.2, -0.15) is 0 Å². The van der Waals surface area contributed by atoms with E-state index in [-0.39, 0.29) is 0 Å². The maximum Gasteiger partial charge on any atom is 0.223 e. The van der Waals surface area contributed by atoms with E-state index in [1.54, 1.807) is 0 Å². The smallest absolute Gasteiger partial charge is 0.223 e. The van der Waals surface area contributed by atoms with E-state index in [0.29, 0.717) is 17.9 Å². The maximum absolute atomic E-state index is 12.3. The average molecular weight is 235 g/mol. The minimum absolute atomic E-state index is 0.369. The highest BCUT2D eigenvalue weighted by atomic mass is 16.2. The molecule has 0 aromatic rings. The predicted octanol–water partition coefficient (Wildman–Crippen LogP) is 3.12. The summed E-state index contributed by atoms with van der Waals surface area (Å²) in [5.74, 6) is 3.22. The molecule has 2 nitrogen and oxygen atoms in total. The molecule has 2 bridgehead atoms. The Morgan fingerprint density at radius 1 is 1.00 bits per heavy atom. The lowest BCUT2D eigenvalue weighted by atomic mass is 9.85. The SMILES string of the molecule is CC1CCC(NC(=O)C2CC3CCC2C3)CC1. The van der Waals surface area contributed by atoms with Crippen molar-refractivity contribution in [3.05, 3.63) is 0 Å². The van der Waals surface area contributed by atoms with Crippen LogP contribution in [0.15, 0.2) is 0 Å². The van der Waals surface area contributed by atoms with Crippen molar-refractivity contribution in [3.63, 3.8) is 0 Å². The van der Waals surface area contributed by atoms with Crippen LogP contribution in [-0.4, -0.2) is 11.9 Å². The van der Waals surface area contributed by atoms with Crippen LogP contribution in [-0.2, 0) is 4.79 Å². The summed E-state index contributed by atoms with van der Waals surface area (Å²) in [6.07, 6.45) is 10.2. The van der Waals surface area contributed by atoms with Crippen LogP contribution >= 0.6 is 0 Å². The van der Waals surface area contributed by atoms with Gasteiger partial charge in [0.05, 0.1) is 0 Å². The highest BCUT2D eigenvalue weighted by molar-refractivity contribution is 5.79. The van der Waals surface area contributed by atoms with Crippen LogP contribution in [0.3, 0.4) is 0 Å². The van der Waals surface area contributed by atoms with E-state index >= 15 is 0 Å². The second kappa shape index (κ2) is 4.62. The van der Waals surface area contributed by atoms with Gasteiger partial charge in [-0.05, 0) is 62.7 Å². The quantitative estimate of drug-likeness (QED) is 0.783. The first kappa shape index (κ1) is 11.6. The molecule has 3 atom stereocenters. The fraction of sp³-hybridized carbons (Fsp3) is 0.933. The molecule has 0 heterocycles. The molecule has 3 fully saturated rings. The van der Waals surface area contributed by atoms with Gasteiger partial charge in [0.15, 0.2) is 0 Å². The highest BCUT2D eigenvalue weighted by Crippen LogP contribution is 2.48. The Labute approximate surface area is 105 Å². The average Bonchev–Trinajstić information content (AvgIpc) is 2.94. The van der Waals surface area contributed by atoms with Gasteiger partial charge in [0.1, 0.15) is 0 Å². The molecule has 1 amide bonds. The van der Waals surface area contributed by atoms with E-state index in [2.05, 4.69) is 12.2 Å². The molecule has 3 aliphatic rings. The minimum atomic E-state index is 0.369. The van der Waals surface area contributed by atoms with Crippen molar-refractivity contribution in [2.75, 3.05) is 0 Å². The number of amides is 1. The molecule has 0 aliphatic heterocycles. The first-order valence-corrected chi connectivity index (χ1v) is 7.52. The second-order valence-electron chi connectivity index (χ2n) is 6.75. The van der Waals surface area contributed by atoms with Gasteiger partial charge >= 0.3 is 0 Å². The summed E-state index contributed by atoms with van der Waals surface area (Å²) in [7, 11) is 0. The van der Waals surface area contributed by atoms with Crippen LogP contribution in [0.25, 0.3) is 0 Å². The number of hydrogen-bond acceptors (Lipinski definition) is 1. The lowest BCUT2D eigenvalue weighted by Crippen LogP contribution is -2.42. The summed E-state index contributed by atoms with van der Waals surface area (Å²) in [5.41, 5.74) is 0. The Hall–Kier alpha value is -0.530. The highest BCUT2D eigenvalue weighted by Gasteiger charge is 2.43. The number of nitrogens with one attached hydrogen (secondary N) is 1. The van der Waals surface area contributed by atoms with Gasteiger partial charge in [-0.25, -0.2) is 0 Å². The second-order valence-corrected chi connectivity index (χ2v) is 6.75.